The zero-order chi connectivity index (χ0) is 13.0. The molecule has 0 bridgehead atoms. The third-order valence-corrected chi connectivity index (χ3v) is 2.74. The van der Waals surface area contributed by atoms with Crippen molar-refractivity contribution in [1.82, 2.24) is 5.32 Å². The Hall–Kier alpha value is -1.47. The van der Waals surface area contributed by atoms with E-state index in [0.29, 0.717) is 0 Å². The molecule has 1 rings (SSSR count). The van der Waals surface area contributed by atoms with E-state index in [1.807, 2.05) is 0 Å². The van der Waals surface area contributed by atoms with Gasteiger partial charge < -0.3 is 15.5 Å². The first-order valence-electron chi connectivity index (χ1n) is 4.56. The number of carboxylic acid groups (broad SMARTS) is 1. The second kappa shape index (κ2) is 5.74. The Kier molecular flexibility index (Phi) is 4.59. The van der Waals surface area contributed by atoms with Gasteiger partial charge in [0.25, 0.3) is 5.91 Å². The van der Waals surface area contributed by atoms with Gasteiger partial charge in [-0.05, 0) is 28.1 Å². The van der Waals surface area contributed by atoms with Crippen LogP contribution >= 0.6 is 15.9 Å². The molecule has 0 spiro atoms. The Morgan fingerprint density at radius 3 is 2.71 bits per heavy atom. The molecule has 5 nitrogen and oxygen atoms in total. The molecule has 0 aliphatic carbocycles. The van der Waals surface area contributed by atoms with Gasteiger partial charge in [-0.1, -0.05) is 6.07 Å². The minimum atomic E-state index is -1.69. The van der Waals surface area contributed by atoms with E-state index in [2.05, 4.69) is 21.2 Å². The highest BCUT2D eigenvalue weighted by Crippen LogP contribution is 2.20. The van der Waals surface area contributed by atoms with Gasteiger partial charge >= 0.3 is 5.97 Å². The molecule has 17 heavy (non-hydrogen) atoms. The second-order valence-electron chi connectivity index (χ2n) is 3.17. The fourth-order valence-electron chi connectivity index (χ4n) is 1.05. The maximum absolute atomic E-state index is 13.1. The van der Waals surface area contributed by atoms with E-state index in [-0.39, 0.29) is 10.0 Å². The Labute approximate surface area is 104 Å². The van der Waals surface area contributed by atoms with Crippen molar-refractivity contribution in [2.45, 2.75) is 6.10 Å². The molecule has 0 fully saturated rings. The van der Waals surface area contributed by atoms with Gasteiger partial charge in [0.2, 0.25) is 0 Å². The van der Waals surface area contributed by atoms with Crippen molar-refractivity contribution in [3.63, 3.8) is 0 Å². The molecule has 1 aromatic carbocycles. The van der Waals surface area contributed by atoms with Gasteiger partial charge in [-0.25, -0.2) is 9.18 Å². The highest BCUT2D eigenvalue weighted by atomic mass is 79.9. The second-order valence-corrected chi connectivity index (χ2v) is 3.96. The Morgan fingerprint density at radius 2 is 2.12 bits per heavy atom. The average Bonchev–Trinajstić information content (AvgIpc) is 2.29. The first-order chi connectivity index (χ1) is 7.93. The lowest BCUT2D eigenvalue weighted by Gasteiger charge is -2.09. The van der Waals surface area contributed by atoms with E-state index >= 15 is 0 Å². The summed E-state index contributed by atoms with van der Waals surface area (Å²) in [7, 11) is 0. The van der Waals surface area contributed by atoms with Crippen molar-refractivity contribution in [2.75, 3.05) is 6.54 Å². The van der Waals surface area contributed by atoms with E-state index in [4.69, 9.17) is 10.2 Å². The van der Waals surface area contributed by atoms with E-state index in [1.165, 1.54) is 18.2 Å². The summed E-state index contributed by atoms with van der Waals surface area (Å²) in [5.74, 6) is -2.71. The van der Waals surface area contributed by atoms with Gasteiger partial charge in [0.1, 0.15) is 5.82 Å². The number of nitrogens with one attached hydrogen (secondary N) is 1. The molecule has 0 heterocycles. The number of amides is 1. The zero-order valence-corrected chi connectivity index (χ0v) is 10.1. The summed E-state index contributed by atoms with van der Waals surface area (Å²) in [6, 6.07) is 3.89. The maximum atomic E-state index is 13.1. The smallest absolute Gasteiger partial charge is 0.334 e. The minimum absolute atomic E-state index is 0.0117. The molecule has 7 heteroatoms. The van der Waals surface area contributed by atoms with Crippen LogP contribution in [0.1, 0.15) is 10.4 Å². The van der Waals surface area contributed by atoms with Crippen molar-refractivity contribution in [1.29, 1.82) is 0 Å². The predicted octanol–water partition coefficient (Wildman–Crippen LogP) is 0.764. The molecular formula is C10H9BrFNO4. The summed E-state index contributed by atoms with van der Waals surface area (Å²) >= 11 is 2.90. The number of carbonyl (C=O) groups excluding carboxylic acids is 1. The van der Waals surface area contributed by atoms with Gasteiger partial charge in [0.05, 0.1) is 16.6 Å². The number of aliphatic hydroxyl groups excluding tert-OH is 1. The standard InChI is InChI=1S/C10H9BrFNO4/c11-8-5(2-1-3-6(8)12)9(15)13-4-7(14)10(16)17/h1-3,7,14H,4H2,(H,13,15)(H,16,17). The number of hydrogen-bond donors (Lipinski definition) is 3. The molecule has 0 aromatic heterocycles. The molecule has 0 saturated carbocycles. The molecule has 0 aliphatic heterocycles. The third kappa shape index (κ3) is 3.50. The molecule has 92 valence electrons. The van der Waals surface area contributed by atoms with Crippen LogP contribution in [0.2, 0.25) is 0 Å². The van der Waals surface area contributed by atoms with Crippen molar-refractivity contribution in [2.24, 2.45) is 0 Å². The zero-order valence-electron chi connectivity index (χ0n) is 8.48. The molecule has 3 N–H and O–H groups in total. The lowest BCUT2D eigenvalue weighted by atomic mass is 10.2. The summed E-state index contributed by atoms with van der Waals surface area (Å²) in [5, 5.41) is 19.5. The Bertz CT molecular complexity index is 452. The summed E-state index contributed by atoms with van der Waals surface area (Å²) in [6.45, 7) is -0.447. The number of benzene rings is 1. The minimum Gasteiger partial charge on any atom is -0.479 e. The molecule has 1 atom stereocenters. The van der Waals surface area contributed by atoms with Gasteiger partial charge in [-0.3, -0.25) is 4.79 Å². The average molecular weight is 306 g/mol. The highest BCUT2D eigenvalue weighted by molar-refractivity contribution is 9.10. The van der Waals surface area contributed by atoms with Crippen LogP contribution in [0, 0.1) is 5.82 Å². The quantitative estimate of drug-likeness (QED) is 0.766. The van der Waals surface area contributed by atoms with Gasteiger partial charge in [0.15, 0.2) is 6.10 Å². The van der Waals surface area contributed by atoms with Crippen molar-refractivity contribution >= 4 is 27.8 Å². The fraction of sp³-hybridized carbons (Fsp3) is 0.200. The summed E-state index contributed by atoms with van der Waals surface area (Å²) < 4.78 is 13.1. The largest absolute Gasteiger partial charge is 0.479 e. The lowest BCUT2D eigenvalue weighted by Crippen LogP contribution is -2.36. The topological polar surface area (TPSA) is 86.6 Å². The number of rotatable bonds is 4. The van der Waals surface area contributed by atoms with Crippen LogP contribution in [0.15, 0.2) is 22.7 Å². The lowest BCUT2D eigenvalue weighted by molar-refractivity contribution is -0.146. The number of carboxylic acids is 1. The maximum Gasteiger partial charge on any atom is 0.334 e. The van der Waals surface area contributed by atoms with Crippen LogP contribution in [0.25, 0.3) is 0 Å². The van der Waals surface area contributed by atoms with Crippen LogP contribution in [0.4, 0.5) is 4.39 Å². The van der Waals surface area contributed by atoms with E-state index in [9.17, 15) is 14.0 Å². The fourth-order valence-corrected chi connectivity index (χ4v) is 1.50. The van der Waals surface area contributed by atoms with Crippen molar-refractivity contribution < 1.29 is 24.2 Å². The van der Waals surface area contributed by atoms with Crippen molar-refractivity contribution in [3.05, 3.63) is 34.1 Å². The van der Waals surface area contributed by atoms with E-state index < -0.39 is 30.3 Å². The number of carbonyl (C=O) groups is 2. The van der Waals surface area contributed by atoms with Gasteiger partial charge in [-0.15, -0.1) is 0 Å². The molecule has 0 saturated heterocycles. The number of aliphatic hydroxyl groups is 1. The molecule has 1 aromatic rings. The Balaban J connectivity index is 2.71. The Morgan fingerprint density at radius 1 is 1.47 bits per heavy atom. The number of aliphatic carboxylic acids is 1. The van der Waals surface area contributed by atoms with Gasteiger partial charge in [-0.2, -0.15) is 0 Å². The van der Waals surface area contributed by atoms with Crippen LogP contribution in [0.5, 0.6) is 0 Å². The third-order valence-electron chi connectivity index (χ3n) is 1.94. The van der Waals surface area contributed by atoms with Crippen LogP contribution < -0.4 is 5.32 Å². The van der Waals surface area contributed by atoms with Crippen molar-refractivity contribution in [3.8, 4) is 0 Å². The summed E-state index contributed by atoms with van der Waals surface area (Å²) in [4.78, 5) is 21.8. The summed E-state index contributed by atoms with van der Waals surface area (Å²) in [5.41, 5.74) is 0.0302. The van der Waals surface area contributed by atoms with Crippen LogP contribution in [0.3, 0.4) is 0 Å². The number of hydrogen-bond acceptors (Lipinski definition) is 3. The van der Waals surface area contributed by atoms with E-state index in [0.717, 1.165) is 0 Å². The SMILES string of the molecule is O=C(NCC(O)C(=O)O)c1cccc(F)c1Br. The van der Waals surface area contributed by atoms with Gasteiger partial charge in [0, 0.05) is 0 Å². The molecule has 1 amide bonds. The molecule has 0 aliphatic rings. The monoisotopic (exact) mass is 305 g/mol. The van der Waals surface area contributed by atoms with Crippen LogP contribution in [-0.2, 0) is 4.79 Å². The first kappa shape index (κ1) is 13.6. The first-order valence-corrected chi connectivity index (χ1v) is 5.36. The molecular weight excluding hydrogens is 297 g/mol. The molecule has 1 unspecified atom stereocenters. The normalized spacial score (nSPS) is 11.9. The summed E-state index contributed by atoms with van der Waals surface area (Å²) in [6.07, 6.45) is -1.69. The van der Waals surface area contributed by atoms with Crippen LogP contribution in [-0.4, -0.2) is 34.7 Å². The molecule has 0 radical (unpaired) electrons. The number of halogens is 2. The predicted molar refractivity (Wildman–Crippen MR) is 60.1 cm³/mol. The van der Waals surface area contributed by atoms with E-state index in [1.54, 1.807) is 0 Å². The highest BCUT2D eigenvalue weighted by Gasteiger charge is 2.17.